The third-order valence-electron chi connectivity index (χ3n) is 3.95. The van der Waals surface area contributed by atoms with E-state index in [0.717, 1.165) is 33.0 Å². The van der Waals surface area contributed by atoms with Gasteiger partial charge in [-0.3, -0.25) is 4.98 Å². The minimum Gasteiger partial charge on any atom is -0.465 e. The first-order valence-corrected chi connectivity index (χ1v) is 8.90. The van der Waals surface area contributed by atoms with E-state index >= 15 is 0 Å². The molecule has 4 rings (SSSR count). The predicted molar refractivity (Wildman–Crippen MR) is 102 cm³/mol. The number of rotatable bonds is 5. The van der Waals surface area contributed by atoms with Crippen LogP contribution in [-0.4, -0.2) is 18.1 Å². The molecule has 3 heterocycles. The molecule has 4 aromatic rings. The molecule has 0 radical (unpaired) electrons. The van der Waals surface area contributed by atoms with Gasteiger partial charge in [0, 0.05) is 5.39 Å². The second-order valence-corrected chi connectivity index (χ2v) is 6.78. The Morgan fingerprint density at radius 1 is 1.19 bits per heavy atom. The number of aromatic nitrogens is 1. The monoisotopic (exact) mass is 364 g/mol. The maximum Gasteiger partial charge on any atom is 0.348 e. The van der Waals surface area contributed by atoms with E-state index in [1.165, 1.54) is 18.4 Å². The summed E-state index contributed by atoms with van der Waals surface area (Å²) in [4.78, 5) is 17.5. The lowest BCUT2D eigenvalue weighted by Crippen LogP contribution is -1.98. The number of furan rings is 1. The van der Waals surface area contributed by atoms with Crippen molar-refractivity contribution < 1.29 is 13.9 Å². The van der Waals surface area contributed by atoms with Crippen molar-refractivity contribution in [3.63, 3.8) is 0 Å². The maximum absolute atomic E-state index is 11.5. The van der Waals surface area contributed by atoms with E-state index in [1.807, 2.05) is 48.5 Å². The van der Waals surface area contributed by atoms with Crippen LogP contribution in [0.15, 0.2) is 65.2 Å². The fourth-order valence-corrected chi connectivity index (χ4v) is 3.54. The molecule has 0 saturated heterocycles. The van der Waals surface area contributed by atoms with Crippen LogP contribution in [0.4, 0.5) is 5.69 Å². The third kappa shape index (κ3) is 3.32. The Balaban J connectivity index is 1.44. The van der Waals surface area contributed by atoms with Crippen LogP contribution in [0.3, 0.4) is 0 Å². The molecule has 5 nitrogen and oxygen atoms in total. The van der Waals surface area contributed by atoms with Gasteiger partial charge in [0.25, 0.3) is 0 Å². The van der Waals surface area contributed by atoms with Crippen LogP contribution in [-0.2, 0) is 11.3 Å². The Labute approximate surface area is 154 Å². The summed E-state index contributed by atoms with van der Waals surface area (Å²) < 4.78 is 10.5. The zero-order chi connectivity index (χ0) is 17.9. The van der Waals surface area contributed by atoms with E-state index in [-0.39, 0.29) is 5.97 Å². The molecule has 0 amide bonds. The first-order valence-electron chi connectivity index (χ1n) is 8.09. The standard InChI is InChI=1S/C20H16N2O3S/c1-24-20(23)19-9-8-18(26-19)16-7-6-14(11-22-16)21-12-15-10-13-4-2-3-5-17(13)25-15/h2-11,21H,12H2,1H3. The van der Waals surface area contributed by atoms with Crippen molar-refractivity contribution in [2.75, 3.05) is 12.4 Å². The molecule has 26 heavy (non-hydrogen) atoms. The van der Waals surface area contributed by atoms with Gasteiger partial charge in [-0.1, -0.05) is 18.2 Å². The Morgan fingerprint density at radius 2 is 2.08 bits per heavy atom. The smallest absolute Gasteiger partial charge is 0.348 e. The lowest BCUT2D eigenvalue weighted by Gasteiger charge is -2.04. The number of benzene rings is 1. The van der Waals surface area contributed by atoms with E-state index in [0.29, 0.717) is 11.4 Å². The average molecular weight is 364 g/mol. The number of carbonyl (C=O) groups is 1. The van der Waals surface area contributed by atoms with Gasteiger partial charge in [-0.05, 0) is 36.4 Å². The quantitative estimate of drug-likeness (QED) is 0.507. The van der Waals surface area contributed by atoms with Gasteiger partial charge in [0.05, 0.1) is 36.1 Å². The minimum atomic E-state index is -0.328. The molecule has 3 aromatic heterocycles. The number of methoxy groups -OCH3 is 1. The number of anilines is 1. The summed E-state index contributed by atoms with van der Waals surface area (Å²) in [6.07, 6.45) is 1.77. The highest BCUT2D eigenvalue weighted by atomic mass is 32.1. The van der Waals surface area contributed by atoms with Crippen molar-refractivity contribution in [1.82, 2.24) is 4.98 Å². The van der Waals surface area contributed by atoms with Crippen LogP contribution >= 0.6 is 11.3 Å². The molecular weight excluding hydrogens is 348 g/mol. The van der Waals surface area contributed by atoms with Crippen LogP contribution in [0.25, 0.3) is 21.5 Å². The molecule has 0 spiro atoms. The zero-order valence-electron chi connectivity index (χ0n) is 14.1. The Morgan fingerprint density at radius 3 is 2.85 bits per heavy atom. The van der Waals surface area contributed by atoms with E-state index in [1.54, 1.807) is 12.3 Å². The van der Waals surface area contributed by atoms with Gasteiger partial charge >= 0.3 is 5.97 Å². The zero-order valence-corrected chi connectivity index (χ0v) is 14.9. The third-order valence-corrected chi connectivity index (χ3v) is 5.04. The van der Waals surface area contributed by atoms with Gasteiger partial charge in [0.2, 0.25) is 0 Å². The Bertz CT molecular complexity index is 1020. The molecule has 1 aromatic carbocycles. The van der Waals surface area contributed by atoms with Crippen LogP contribution < -0.4 is 5.32 Å². The lowest BCUT2D eigenvalue weighted by molar-refractivity contribution is 0.0606. The lowest BCUT2D eigenvalue weighted by atomic mass is 10.2. The minimum absolute atomic E-state index is 0.328. The maximum atomic E-state index is 11.5. The van der Waals surface area contributed by atoms with Crippen molar-refractivity contribution in [3.8, 4) is 10.6 Å². The van der Waals surface area contributed by atoms with Crippen LogP contribution in [0, 0.1) is 0 Å². The summed E-state index contributed by atoms with van der Waals surface area (Å²) in [7, 11) is 1.38. The highest BCUT2D eigenvalue weighted by Gasteiger charge is 2.11. The van der Waals surface area contributed by atoms with E-state index in [2.05, 4.69) is 10.3 Å². The number of esters is 1. The van der Waals surface area contributed by atoms with Crippen molar-refractivity contribution in [3.05, 3.63) is 71.4 Å². The molecule has 130 valence electrons. The van der Waals surface area contributed by atoms with Gasteiger partial charge in [0.15, 0.2) is 0 Å². The molecular formula is C20H16N2O3S. The SMILES string of the molecule is COC(=O)c1ccc(-c2ccc(NCc3cc4ccccc4o3)cn2)s1. The highest BCUT2D eigenvalue weighted by Crippen LogP contribution is 2.28. The predicted octanol–water partition coefficient (Wildman–Crippen LogP) is 4.96. The summed E-state index contributed by atoms with van der Waals surface area (Å²) in [5.74, 6) is 0.543. The molecule has 0 atom stereocenters. The molecule has 6 heteroatoms. The largest absolute Gasteiger partial charge is 0.465 e. The van der Waals surface area contributed by atoms with E-state index < -0.39 is 0 Å². The van der Waals surface area contributed by atoms with Crippen molar-refractivity contribution in [2.45, 2.75) is 6.54 Å². The summed E-state index contributed by atoms with van der Waals surface area (Å²) in [6.45, 7) is 0.585. The molecule has 0 aliphatic heterocycles. The molecule has 0 unspecified atom stereocenters. The number of fused-ring (bicyclic) bond motifs is 1. The van der Waals surface area contributed by atoms with Gasteiger partial charge in [-0.15, -0.1) is 11.3 Å². The van der Waals surface area contributed by atoms with Gasteiger partial charge in [-0.2, -0.15) is 0 Å². The summed E-state index contributed by atoms with van der Waals surface area (Å²) in [5, 5.41) is 4.40. The number of thiophene rings is 1. The molecule has 0 aliphatic carbocycles. The van der Waals surface area contributed by atoms with Crippen LogP contribution in [0.2, 0.25) is 0 Å². The van der Waals surface area contributed by atoms with Gasteiger partial charge in [0.1, 0.15) is 16.2 Å². The number of hydrogen-bond donors (Lipinski definition) is 1. The van der Waals surface area contributed by atoms with E-state index in [9.17, 15) is 4.79 Å². The first kappa shape index (κ1) is 16.4. The van der Waals surface area contributed by atoms with E-state index in [4.69, 9.17) is 9.15 Å². The summed E-state index contributed by atoms with van der Waals surface area (Å²) in [5.41, 5.74) is 2.61. The van der Waals surface area contributed by atoms with Crippen molar-refractivity contribution in [1.29, 1.82) is 0 Å². The van der Waals surface area contributed by atoms with Crippen LogP contribution in [0.5, 0.6) is 0 Å². The number of nitrogens with zero attached hydrogens (tertiary/aromatic N) is 1. The highest BCUT2D eigenvalue weighted by molar-refractivity contribution is 7.17. The average Bonchev–Trinajstić information content (AvgIpc) is 3.33. The Kier molecular flexibility index (Phi) is 4.41. The van der Waals surface area contributed by atoms with Gasteiger partial charge in [-0.25, -0.2) is 4.79 Å². The first-order chi connectivity index (χ1) is 12.7. The fourth-order valence-electron chi connectivity index (χ4n) is 2.64. The number of para-hydroxylation sites is 1. The molecule has 1 N–H and O–H groups in total. The topological polar surface area (TPSA) is 64.4 Å². The van der Waals surface area contributed by atoms with Crippen molar-refractivity contribution >= 4 is 34.0 Å². The summed E-state index contributed by atoms with van der Waals surface area (Å²) in [6, 6.07) is 17.5. The number of pyridine rings is 1. The van der Waals surface area contributed by atoms with Crippen LogP contribution in [0.1, 0.15) is 15.4 Å². The molecule has 0 bridgehead atoms. The number of nitrogens with one attached hydrogen (secondary N) is 1. The normalized spacial score (nSPS) is 10.8. The van der Waals surface area contributed by atoms with Gasteiger partial charge < -0.3 is 14.5 Å². The molecule has 0 aliphatic rings. The second kappa shape index (κ2) is 7.01. The number of hydrogen-bond acceptors (Lipinski definition) is 6. The van der Waals surface area contributed by atoms with Crippen molar-refractivity contribution in [2.24, 2.45) is 0 Å². The Hall–Kier alpha value is -3.12. The molecule has 0 saturated carbocycles. The fraction of sp³-hybridized carbons (Fsp3) is 0.100. The summed E-state index contributed by atoms with van der Waals surface area (Å²) >= 11 is 1.36. The number of ether oxygens (including phenoxy) is 1. The molecule has 0 fully saturated rings. The second-order valence-electron chi connectivity index (χ2n) is 5.69. The number of carbonyl (C=O) groups excluding carboxylic acids is 1.